The summed E-state index contributed by atoms with van der Waals surface area (Å²) < 4.78 is 10.8. The molecule has 7 nitrogen and oxygen atoms in total. The summed E-state index contributed by atoms with van der Waals surface area (Å²) in [4.78, 5) is 27.0. The fraction of sp³-hybridized carbons (Fsp3) is 0.318. The fourth-order valence-electron chi connectivity index (χ4n) is 2.98. The number of rotatable bonds is 6. The summed E-state index contributed by atoms with van der Waals surface area (Å²) in [6.07, 6.45) is 0.873. The van der Waals surface area contributed by atoms with Gasteiger partial charge in [-0.15, -0.1) is 0 Å². The van der Waals surface area contributed by atoms with Crippen LogP contribution in [0.1, 0.15) is 34.1 Å². The predicted octanol–water partition coefficient (Wildman–Crippen LogP) is 3.73. The maximum Gasteiger partial charge on any atom is 0.257 e. The number of ether oxygens (including phenoxy) is 2. The van der Waals surface area contributed by atoms with E-state index in [2.05, 4.69) is 10.6 Å². The minimum Gasteiger partial charge on any atom is -0.494 e. The molecular weight excluding hydrogens is 438 g/mol. The minimum absolute atomic E-state index is 0.0720. The molecule has 31 heavy (non-hydrogen) atoms. The zero-order chi connectivity index (χ0) is 22.2. The lowest BCUT2D eigenvalue weighted by Crippen LogP contribution is -2.40. The summed E-state index contributed by atoms with van der Waals surface area (Å²) >= 11 is 11.5. The molecule has 0 aliphatic carbocycles. The van der Waals surface area contributed by atoms with Gasteiger partial charge in [-0.1, -0.05) is 24.6 Å². The standard InChI is InChI=1S/C22H24ClN3O4S/c1-2-10-30-17-5-3-4-15(13-17)20(27)25-22(31)24-19-14-16(6-7-18(19)23)21(28)26-8-11-29-12-9-26/h3-7,13-14H,2,8-12H2,1H3,(H2,24,25,27,31). The molecule has 0 spiro atoms. The first-order valence-electron chi connectivity index (χ1n) is 9.99. The first-order chi connectivity index (χ1) is 15.0. The van der Waals surface area contributed by atoms with Crippen LogP contribution in [0.25, 0.3) is 0 Å². The molecule has 164 valence electrons. The Morgan fingerprint density at radius 2 is 1.94 bits per heavy atom. The molecule has 1 aliphatic heterocycles. The smallest absolute Gasteiger partial charge is 0.257 e. The number of benzene rings is 2. The molecule has 1 heterocycles. The summed E-state index contributed by atoms with van der Waals surface area (Å²) in [7, 11) is 0. The number of anilines is 1. The van der Waals surface area contributed by atoms with Crippen LogP contribution in [0, 0.1) is 0 Å². The van der Waals surface area contributed by atoms with Crippen molar-refractivity contribution in [2.24, 2.45) is 0 Å². The minimum atomic E-state index is -0.379. The van der Waals surface area contributed by atoms with Crippen LogP contribution in [0.2, 0.25) is 5.02 Å². The lowest BCUT2D eigenvalue weighted by molar-refractivity contribution is 0.0303. The third-order valence-corrected chi connectivity index (χ3v) is 5.09. The summed E-state index contributed by atoms with van der Waals surface area (Å²) in [5.74, 6) is 0.128. The van der Waals surface area contributed by atoms with E-state index < -0.39 is 0 Å². The van der Waals surface area contributed by atoms with Crippen LogP contribution in [0.15, 0.2) is 42.5 Å². The van der Waals surface area contributed by atoms with Crippen molar-refractivity contribution >= 4 is 46.4 Å². The highest BCUT2D eigenvalue weighted by Gasteiger charge is 2.19. The van der Waals surface area contributed by atoms with E-state index in [9.17, 15) is 9.59 Å². The highest BCUT2D eigenvalue weighted by atomic mass is 35.5. The second-order valence-corrected chi connectivity index (χ2v) is 7.70. The zero-order valence-corrected chi connectivity index (χ0v) is 18.7. The second kappa shape index (κ2) is 11.1. The normalized spacial score (nSPS) is 13.4. The van der Waals surface area contributed by atoms with Gasteiger partial charge in [-0.05, 0) is 55.0 Å². The molecule has 2 aromatic carbocycles. The quantitative estimate of drug-likeness (QED) is 0.638. The Morgan fingerprint density at radius 1 is 1.16 bits per heavy atom. The van der Waals surface area contributed by atoms with Gasteiger partial charge in [0.15, 0.2) is 5.11 Å². The van der Waals surface area contributed by atoms with Gasteiger partial charge in [-0.2, -0.15) is 0 Å². The Kier molecular flexibility index (Phi) is 8.22. The Bertz CT molecular complexity index is 964. The molecule has 0 radical (unpaired) electrons. The van der Waals surface area contributed by atoms with Gasteiger partial charge in [0.2, 0.25) is 0 Å². The lowest BCUT2D eigenvalue weighted by atomic mass is 10.1. The average molecular weight is 462 g/mol. The average Bonchev–Trinajstić information content (AvgIpc) is 2.79. The summed E-state index contributed by atoms with van der Waals surface area (Å²) in [6.45, 7) is 4.70. The van der Waals surface area contributed by atoms with Gasteiger partial charge < -0.3 is 19.7 Å². The first kappa shape index (κ1) is 23.0. The molecular formula is C22H24ClN3O4S. The van der Waals surface area contributed by atoms with Crippen molar-refractivity contribution in [3.8, 4) is 5.75 Å². The van der Waals surface area contributed by atoms with Gasteiger partial charge in [0.25, 0.3) is 11.8 Å². The van der Waals surface area contributed by atoms with Crippen molar-refractivity contribution in [1.82, 2.24) is 10.2 Å². The van der Waals surface area contributed by atoms with E-state index in [1.807, 2.05) is 6.92 Å². The largest absolute Gasteiger partial charge is 0.494 e. The molecule has 2 aromatic rings. The van der Waals surface area contributed by atoms with Crippen LogP contribution in [-0.2, 0) is 4.74 Å². The maximum absolute atomic E-state index is 12.7. The van der Waals surface area contributed by atoms with Crippen molar-refractivity contribution in [1.29, 1.82) is 0 Å². The number of morpholine rings is 1. The highest BCUT2D eigenvalue weighted by Crippen LogP contribution is 2.24. The molecule has 9 heteroatoms. The van der Waals surface area contributed by atoms with Gasteiger partial charge in [0.05, 0.1) is 30.5 Å². The number of carbonyl (C=O) groups excluding carboxylic acids is 2. The number of nitrogens with one attached hydrogen (secondary N) is 2. The van der Waals surface area contributed by atoms with Crippen molar-refractivity contribution in [3.63, 3.8) is 0 Å². The topological polar surface area (TPSA) is 79.9 Å². The van der Waals surface area contributed by atoms with E-state index in [0.717, 1.165) is 6.42 Å². The lowest BCUT2D eigenvalue weighted by Gasteiger charge is -2.27. The SMILES string of the molecule is CCCOc1cccc(C(=O)NC(=S)Nc2cc(C(=O)N3CCOCC3)ccc2Cl)c1. The number of halogens is 1. The molecule has 1 saturated heterocycles. The van der Waals surface area contributed by atoms with Crippen molar-refractivity contribution in [2.45, 2.75) is 13.3 Å². The third kappa shape index (κ3) is 6.40. The third-order valence-electron chi connectivity index (χ3n) is 4.56. The van der Waals surface area contributed by atoms with Gasteiger partial charge in [0, 0.05) is 24.2 Å². The van der Waals surface area contributed by atoms with E-state index in [-0.39, 0.29) is 16.9 Å². The number of amides is 2. The van der Waals surface area contributed by atoms with E-state index in [0.29, 0.717) is 60.5 Å². The van der Waals surface area contributed by atoms with Gasteiger partial charge in [0.1, 0.15) is 5.75 Å². The van der Waals surface area contributed by atoms with Crippen molar-refractivity contribution in [2.75, 3.05) is 38.2 Å². The number of carbonyl (C=O) groups is 2. The Balaban J connectivity index is 1.64. The summed E-state index contributed by atoms with van der Waals surface area (Å²) in [5.41, 5.74) is 1.33. The van der Waals surface area contributed by atoms with E-state index in [1.54, 1.807) is 47.4 Å². The Labute approximate surface area is 191 Å². The van der Waals surface area contributed by atoms with Crippen LogP contribution in [-0.4, -0.2) is 54.7 Å². The number of thiocarbonyl (C=S) groups is 1. The Hall–Kier alpha value is -2.68. The van der Waals surface area contributed by atoms with E-state index in [1.165, 1.54) is 0 Å². The molecule has 2 amide bonds. The molecule has 0 atom stereocenters. The van der Waals surface area contributed by atoms with Gasteiger partial charge in [-0.25, -0.2) is 0 Å². The summed E-state index contributed by atoms with van der Waals surface area (Å²) in [5, 5.41) is 5.97. The molecule has 0 bridgehead atoms. The highest BCUT2D eigenvalue weighted by molar-refractivity contribution is 7.80. The van der Waals surface area contributed by atoms with Crippen molar-refractivity contribution < 1.29 is 19.1 Å². The maximum atomic E-state index is 12.7. The van der Waals surface area contributed by atoms with Crippen molar-refractivity contribution in [3.05, 3.63) is 58.6 Å². The monoisotopic (exact) mass is 461 g/mol. The van der Waals surface area contributed by atoms with Crippen LogP contribution < -0.4 is 15.4 Å². The molecule has 3 rings (SSSR count). The molecule has 1 fully saturated rings. The first-order valence-corrected chi connectivity index (χ1v) is 10.8. The Morgan fingerprint density at radius 3 is 2.68 bits per heavy atom. The summed E-state index contributed by atoms with van der Waals surface area (Å²) in [6, 6.07) is 11.8. The zero-order valence-electron chi connectivity index (χ0n) is 17.2. The molecule has 0 aromatic heterocycles. The fourth-order valence-corrected chi connectivity index (χ4v) is 3.35. The second-order valence-electron chi connectivity index (χ2n) is 6.88. The molecule has 1 aliphatic rings. The molecule has 0 unspecified atom stereocenters. The van der Waals surface area contributed by atoms with Gasteiger partial charge in [-0.3, -0.25) is 14.9 Å². The van der Waals surface area contributed by atoms with Crippen LogP contribution >= 0.6 is 23.8 Å². The predicted molar refractivity (Wildman–Crippen MR) is 124 cm³/mol. The van der Waals surface area contributed by atoms with E-state index in [4.69, 9.17) is 33.3 Å². The van der Waals surface area contributed by atoms with Crippen LogP contribution in [0.3, 0.4) is 0 Å². The number of hydrogen-bond donors (Lipinski definition) is 2. The number of nitrogens with zero attached hydrogens (tertiary/aromatic N) is 1. The van der Waals surface area contributed by atoms with Crippen LogP contribution in [0.4, 0.5) is 5.69 Å². The molecule has 2 N–H and O–H groups in total. The van der Waals surface area contributed by atoms with Gasteiger partial charge >= 0.3 is 0 Å². The van der Waals surface area contributed by atoms with Crippen LogP contribution in [0.5, 0.6) is 5.75 Å². The number of hydrogen-bond acceptors (Lipinski definition) is 5. The molecule has 0 saturated carbocycles. The van der Waals surface area contributed by atoms with E-state index >= 15 is 0 Å².